The fourth-order valence-corrected chi connectivity index (χ4v) is 3.43. The van der Waals surface area contributed by atoms with Crippen molar-refractivity contribution in [3.8, 4) is 17.6 Å². The fourth-order valence-electron chi connectivity index (χ4n) is 2.14. The first kappa shape index (κ1) is 15.2. The molecule has 4 heteroatoms. The molecule has 1 aliphatic rings. The van der Waals surface area contributed by atoms with Gasteiger partial charge in [-0.15, -0.1) is 0 Å². The predicted octanol–water partition coefficient (Wildman–Crippen LogP) is 1.85. The molecule has 0 saturated carbocycles. The van der Waals surface area contributed by atoms with E-state index in [4.69, 9.17) is 9.84 Å². The number of benzene rings is 1. The lowest BCUT2D eigenvalue weighted by Crippen LogP contribution is -2.34. The Labute approximate surface area is 125 Å². The van der Waals surface area contributed by atoms with E-state index in [9.17, 15) is 0 Å². The Hall–Kier alpha value is -1.15. The number of likely N-dealkylation sites (N-methyl/N-ethyl adjacent to an activating group) is 1. The lowest BCUT2D eigenvalue weighted by molar-refractivity contribution is 0.202. The van der Waals surface area contributed by atoms with E-state index in [1.807, 2.05) is 36.0 Å². The summed E-state index contributed by atoms with van der Waals surface area (Å²) in [5, 5.41) is 8.64. The average Bonchev–Trinajstić information content (AvgIpc) is 3.00. The topological polar surface area (TPSA) is 32.7 Å². The molecule has 1 atom stereocenters. The molecule has 1 aromatic carbocycles. The summed E-state index contributed by atoms with van der Waals surface area (Å²) < 4.78 is 5.75. The average molecular weight is 291 g/mol. The van der Waals surface area contributed by atoms with Crippen molar-refractivity contribution in [3.05, 3.63) is 29.8 Å². The van der Waals surface area contributed by atoms with Crippen LogP contribution in [0.15, 0.2) is 24.3 Å². The smallest absolute Gasteiger partial charge is 0.119 e. The highest BCUT2D eigenvalue weighted by Gasteiger charge is 2.19. The molecule has 0 aliphatic carbocycles. The van der Waals surface area contributed by atoms with Crippen molar-refractivity contribution >= 4 is 11.8 Å². The Morgan fingerprint density at radius 2 is 2.20 bits per heavy atom. The van der Waals surface area contributed by atoms with E-state index in [2.05, 4.69) is 23.8 Å². The van der Waals surface area contributed by atoms with Gasteiger partial charge in [-0.1, -0.05) is 11.8 Å². The van der Waals surface area contributed by atoms with Crippen LogP contribution in [-0.2, 0) is 0 Å². The van der Waals surface area contributed by atoms with E-state index in [0.29, 0.717) is 12.6 Å². The number of hydrogen-bond acceptors (Lipinski definition) is 4. The Morgan fingerprint density at radius 3 is 2.85 bits per heavy atom. The molecule has 0 radical (unpaired) electrons. The van der Waals surface area contributed by atoms with Crippen LogP contribution >= 0.6 is 11.8 Å². The molecule has 1 fully saturated rings. The van der Waals surface area contributed by atoms with Crippen LogP contribution in [0.4, 0.5) is 0 Å². The minimum Gasteiger partial charge on any atom is -0.492 e. The van der Waals surface area contributed by atoms with Gasteiger partial charge in [0.25, 0.3) is 0 Å². The molecule has 1 saturated heterocycles. The Kier molecular flexibility index (Phi) is 6.25. The number of nitrogens with zero attached hydrogens (tertiary/aromatic N) is 1. The van der Waals surface area contributed by atoms with Gasteiger partial charge in [-0.25, -0.2) is 0 Å². The lowest BCUT2D eigenvalue weighted by Gasteiger charge is -2.23. The van der Waals surface area contributed by atoms with Gasteiger partial charge < -0.3 is 9.84 Å². The van der Waals surface area contributed by atoms with Gasteiger partial charge in [0.15, 0.2) is 0 Å². The first-order valence-corrected chi connectivity index (χ1v) is 8.05. The summed E-state index contributed by atoms with van der Waals surface area (Å²) in [7, 11) is 2.17. The van der Waals surface area contributed by atoms with Crippen molar-refractivity contribution in [3.63, 3.8) is 0 Å². The van der Waals surface area contributed by atoms with Crippen LogP contribution in [0.3, 0.4) is 0 Å². The molecule has 0 aromatic heterocycles. The molecule has 2 rings (SSSR count). The third kappa shape index (κ3) is 4.75. The zero-order chi connectivity index (χ0) is 14.2. The number of aliphatic hydroxyl groups excluding tert-OH is 1. The summed E-state index contributed by atoms with van der Waals surface area (Å²) in [6.45, 7) is 1.56. The van der Waals surface area contributed by atoms with Crippen LogP contribution in [0.5, 0.6) is 5.75 Å². The van der Waals surface area contributed by atoms with Gasteiger partial charge in [0, 0.05) is 23.9 Å². The molecular formula is C16H21NO2S. The quantitative estimate of drug-likeness (QED) is 0.839. The molecule has 0 amide bonds. The van der Waals surface area contributed by atoms with E-state index < -0.39 is 0 Å². The summed E-state index contributed by atoms with van der Waals surface area (Å²) in [6, 6.07) is 8.38. The Balaban J connectivity index is 1.73. The van der Waals surface area contributed by atoms with Gasteiger partial charge >= 0.3 is 0 Å². The largest absolute Gasteiger partial charge is 0.492 e. The standard InChI is InChI=1S/C16H21NO2S/c1-17(15-8-12-20-13-15)9-11-19-16-6-4-14(5-7-16)3-2-10-18/h4-7,15,18H,8-13H2,1H3. The van der Waals surface area contributed by atoms with Crippen LogP contribution in [0.1, 0.15) is 12.0 Å². The SMILES string of the molecule is CN(CCOc1ccc(C#CCO)cc1)C1CCSC1. The predicted molar refractivity (Wildman–Crippen MR) is 84.3 cm³/mol. The monoisotopic (exact) mass is 291 g/mol. The number of thioether (sulfide) groups is 1. The lowest BCUT2D eigenvalue weighted by atomic mass is 10.2. The number of rotatable bonds is 5. The number of hydrogen-bond donors (Lipinski definition) is 1. The zero-order valence-electron chi connectivity index (χ0n) is 11.8. The molecule has 1 aromatic rings. The summed E-state index contributed by atoms with van der Waals surface area (Å²) in [4.78, 5) is 2.39. The summed E-state index contributed by atoms with van der Waals surface area (Å²) in [5.74, 6) is 8.89. The highest BCUT2D eigenvalue weighted by molar-refractivity contribution is 7.99. The van der Waals surface area contributed by atoms with Crippen molar-refractivity contribution in [2.75, 3.05) is 38.3 Å². The highest BCUT2D eigenvalue weighted by atomic mass is 32.2. The van der Waals surface area contributed by atoms with E-state index in [-0.39, 0.29) is 6.61 Å². The molecule has 1 unspecified atom stereocenters. The molecule has 1 N–H and O–H groups in total. The minimum absolute atomic E-state index is 0.107. The van der Waals surface area contributed by atoms with Crippen molar-refractivity contribution in [1.29, 1.82) is 0 Å². The second kappa shape index (κ2) is 8.21. The van der Waals surface area contributed by atoms with Gasteiger partial charge in [0.1, 0.15) is 19.0 Å². The maximum atomic E-state index is 8.64. The second-order valence-electron chi connectivity index (χ2n) is 4.83. The molecule has 1 heterocycles. The maximum absolute atomic E-state index is 8.64. The van der Waals surface area contributed by atoms with Crippen LogP contribution in [-0.4, -0.2) is 54.4 Å². The minimum atomic E-state index is -0.107. The van der Waals surface area contributed by atoms with Gasteiger partial charge in [-0.2, -0.15) is 11.8 Å². The molecule has 3 nitrogen and oxygen atoms in total. The maximum Gasteiger partial charge on any atom is 0.119 e. The first-order chi connectivity index (χ1) is 9.79. The van der Waals surface area contributed by atoms with Crippen LogP contribution in [0.2, 0.25) is 0 Å². The van der Waals surface area contributed by atoms with E-state index >= 15 is 0 Å². The number of aliphatic hydroxyl groups is 1. The van der Waals surface area contributed by atoms with E-state index in [1.165, 1.54) is 17.9 Å². The van der Waals surface area contributed by atoms with Gasteiger partial charge in [0.2, 0.25) is 0 Å². The van der Waals surface area contributed by atoms with Crippen molar-refractivity contribution in [2.45, 2.75) is 12.5 Å². The molecule has 1 aliphatic heterocycles. The van der Waals surface area contributed by atoms with Crippen molar-refractivity contribution < 1.29 is 9.84 Å². The van der Waals surface area contributed by atoms with Crippen molar-refractivity contribution in [2.24, 2.45) is 0 Å². The Bertz CT molecular complexity index is 458. The first-order valence-electron chi connectivity index (χ1n) is 6.90. The van der Waals surface area contributed by atoms with Crippen LogP contribution in [0, 0.1) is 11.8 Å². The summed E-state index contributed by atoms with van der Waals surface area (Å²) in [6.07, 6.45) is 1.29. The van der Waals surface area contributed by atoms with Crippen LogP contribution in [0.25, 0.3) is 0 Å². The van der Waals surface area contributed by atoms with Crippen LogP contribution < -0.4 is 4.74 Å². The Morgan fingerprint density at radius 1 is 1.40 bits per heavy atom. The van der Waals surface area contributed by atoms with Gasteiger partial charge in [0.05, 0.1) is 0 Å². The summed E-state index contributed by atoms with van der Waals surface area (Å²) >= 11 is 2.04. The fraction of sp³-hybridized carbons (Fsp3) is 0.500. The third-order valence-electron chi connectivity index (χ3n) is 3.41. The molecule has 20 heavy (non-hydrogen) atoms. The van der Waals surface area contributed by atoms with E-state index in [1.54, 1.807) is 0 Å². The highest BCUT2D eigenvalue weighted by Crippen LogP contribution is 2.21. The molecule has 0 bridgehead atoms. The molecule has 0 spiro atoms. The normalized spacial score (nSPS) is 17.9. The summed E-state index contributed by atoms with van der Waals surface area (Å²) in [5.41, 5.74) is 0.895. The molecule has 108 valence electrons. The number of ether oxygens (including phenoxy) is 1. The molecular weight excluding hydrogens is 270 g/mol. The van der Waals surface area contributed by atoms with Gasteiger partial charge in [-0.3, -0.25) is 4.90 Å². The van der Waals surface area contributed by atoms with Crippen molar-refractivity contribution in [1.82, 2.24) is 4.90 Å². The third-order valence-corrected chi connectivity index (χ3v) is 4.55. The van der Waals surface area contributed by atoms with Gasteiger partial charge in [-0.05, 0) is 43.5 Å². The second-order valence-corrected chi connectivity index (χ2v) is 5.98. The van der Waals surface area contributed by atoms with E-state index in [0.717, 1.165) is 17.9 Å². The zero-order valence-corrected chi connectivity index (χ0v) is 12.7.